The number of rotatable bonds is 2. The molecular weight excluding hydrogens is 546 g/mol. The molecule has 7 nitrogen and oxygen atoms in total. The van der Waals surface area contributed by atoms with Gasteiger partial charge in [-0.05, 0) is 57.0 Å². The van der Waals surface area contributed by atoms with Crippen LogP contribution in [0.25, 0.3) is 22.3 Å². The minimum atomic E-state index is -0.496. The van der Waals surface area contributed by atoms with Crippen molar-refractivity contribution >= 4 is 54.3 Å². The lowest BCUT2D eigenvalue weighted by Gasteiger charge is -2.20. The summed E-state index contributed by atoms with van der Waals surface area (Å²) in [5.74, 6) is -0.303. The van der Waals surface area contributed by atoms with Crippen molar-refractivity contribution in [1.29, 1.82) is 0 Å². The number of fused-ring (bicyclic) bond motifs is 2. The minimum absolute atomic E-state index is 0.0944. The van der Waals surface area contributed by atoms with Crippen molar-refractivity contribution in [3.05, 3.63) is 59.5 Å². The van der Waals surface area contributed by atoms with Gasteiger partial charge < -0.3 is 21.1 Å². The lowest BCUT2D eigenvalue weighted by atomic mass is 9.94. The second-order valence-corrected chi connectivity index (χ2v) is 7.20. The Morgan fingerprint density at radius 1 is 1.06 bits per heavy atom. The third kappa shape index (κ3) is 4.24. The molecule has 32 heavy (non-hydrogen) atoms. The molecule has 2 aliphatic heterocycles. The van der Waals surface area contributed by atoms with Gasteiger partial charge in [0.05, 0.1) is 5.69 Å². The molecule has 4 N–H and O–H groups in total. The van der Waals surface area contributed by atoms with Crippen LogP contribution < -0.4 is 21.1 Å². The van der Waals surface area contributed by atoms with E-state index in [0.717, 1.165) is 17.5 Å². The van der Waals surface area contributed by atoms with Crippen LogP contribution in [0.2, 0.25) is 0 Å². The monoisotopic (exact) mass is 564 g/mol. The maximum atomic E-state index is 14.8. The third-order valence-corrected chi connectivity index (χ3v) is 5.27. The van der Waals surface area contributed by atoms with Gasteiger partial charge in [0.15, 0.2) is 6.61 Å². The number of halogens is 2. The Labute approximate surface area is 200 Å². The van der Waals surface area contributed by atoms with Crippen LogP contribution >= 0.6 is 31.0 Å². The lowest BCUT2D eigenvalue weighted by Crippen LogP contribution is -2.31. The molecule has 10 heteroatoms. The highest BCUT2D eigenvalue weighted by Gasteiger charge is 2.21. The Morgan fingerprint density at radius 2 is 1.88 bits per heavy atom. The number of anilines is 2. The van der Waals surface area contributed by atoms with Crippen LogP contribution in [-0.4, -0.2) is 29.9 Å². The average Bonchev–Trinajstić information content (AvgIpc) is 2.81. The molecule has 0 fully saturated rings. The van der Waals surface area contributed by atoms with Gasteiger partial charge in [0.25, 0.3) is 11.8 Å². The van der Waals surface area contributed by atoms with Crippen LogP contribution in [0.1, 0.15) is 15.9 Å². The summed E-state index contributed by atoms with van der Waals surface area (Å²) < 4.78 is 20.0. The number of nitrogens with zero attached hydrogens (tertiary/aromatic N) is 1. The largest absolute Gasteiger partial charge is 0.481 e. The molecular formula is C22H18FIN4O3S. The zero-order valence-electron chi connectivity index (χ0n) is 16.6. The molecule has 0 aliphatic carbocycles. The molecule has 3 aromatic rings. The van der Waals surface area contributed by atoms with Gasteiger partial charge in [-0.3, -0.25) is 9.59 Å². The van der Waals surface area contributed by atoms with E-state index in [2.05, 4.69) is 25.4 Å². The maximum Gasteiger partial charge on any atom is 0.262 e. The van der Waals surface area contributed by atoms with Crippen molar-refractivity contribution in [2.24, 2.45) is 0 Å². The summed E-state index contributed by atoms with van der Waals surface area (Å²) in [7, 11) is 3.50. The number of amides is 2. The highest BCUT2D eigenvalue weighted by Crippen LogP contribution is 2.37. The second-order valence-electron chi connectivity index (χ2n) is 7.20. The fourth-order valence-corrected chi connectivity index (χ4v) is 3.77. The molecule has 0 unspecified atom stereocenters. The van der Waals surface area contributed by atoms with Crippen molar-refractivity contribution in [3.63, 3.8) is 0 Å². The molecule has 2 aliphatic rings. The number of nitrogen functional groups attached to an aromatic ring is 1. The van der Waals surface area contributed by atoms with Crippen LogP contribution in [0.3, 0.4) is 0 Å². The van der Waals surface area contributed by atoms with Gasteiger partial charge in [-0.1, -0.05) is 12.1 Å². The fourth-order valence-electron chi connectivity index (χ4n) is 3.77. The number of aromatic nitrogens is 1. The molecule has 2 amide bonds. The van der Waals surface area contributed by atoms with E-state index >= 15 is 0 Å². The number of hydrogen-bond acceptors (Lipinski definition) is 6. The molecule has 0 bridgehead atoms. The van der Waals surface area contributed by atoms with E-state index in [1.54, 1.807) is 18.2 Å². The van der Waals surface area contributed by atoms with E-state index in [1.165, 1.54) is 18.3 Å². The summed E-state index contributed by atoms with van der Waals surface area (Å²) in [5.41, 5.74) is 10.3. The number of carbonyl (C=O) groups excluding carboxylic acids is 2. The Kier molecular flexibility index (Phi) is 6.51. The number of nitrogens with two attached hydrogens (primary N) is 1. The van der Waals surface area contributed by atoms with Crippen LogP contribution in [0.5, 0.6) is 5.75 Å². The number of benzene rings is 2. The van der Waals surface area contributed by atoms with E-state index in [4.69, 9.17) is 10.5 Å². The number of nitrogens with one attached hydrogen (secondary N) is 2. The molecule has 0 radical (unpaired) electrons. The minimum Gasteiger partial charge on any atom is -0.481 e. The third-order valence-electron chi connectivity index (χ3n) is 5.27. The summed E-state index contributed by atoms with van der Waals surface area (Å²) in [5, 5.41) is 5.50. The number of carbonyl (C=O) groups is 2. The average molecular weight is 564 g/mol. The molecule has 0 atom stereocenters. The number of ether oxygens (including phenoxy) is 1. The first-order valence-electron chi connectivity index (χ1n) is 9.60. The zero-order valence-corrected chi connectivity index (χ0v) is 19.7. The predicted molar refractivity (Wildman–Crippen MR) is 133 cm³/mol. The first kappa shape index (κ1) is 22.3. The maximum absolute atomic E-state index is 14.8. The molecule has 5 rings (SSSR count). The lowest BCUT2D eigenvalue weighted by molar-refractivity contribution is -0.118. The van der Waals surface area contributed by atoms with Crippen LogP contribution in [0.15, 0.2) is 42.6 Å². The van der Waals surface area contributed by atoms with Crippen molar-refractivity contribution in [1.82, 2.24) is 10.3 Å². The summed E-state index contributed by atoms with van der Waals surface area (Å²) in [6.45, 7) is 0.437. The van der Waals surface area contributed by atoms with E-state index < -0.39 is 5.82 Å². The SMILES string of the molecule is Nc1ncc(-c2cc3c(cc2F)OCC(=O)N3)cc1-c1ccc2c(c1)CCNC2=O.SI. The Bertz CT molecular complexity index is 1240. The van der Waals surface area contributed by atoms with Gasteiger partial charge >= 0.3 is 0 Å². The molecule has 3 heterocycles. The predicted octanol–water partition coefficient (Wildman–Crippen LogP) is 4.02. The second kappa shape index (κ2) is 9.33. The van der Waals surface area contributed by atoms with Gasteiger partial charge in [0.1, 0.15) is 17.4 Å². The summed E-state index contributed by atoms with van der Waals surface area (Å²) in [6.07, 6.45) is 2.21. The van der Waals surface area contributed by atoms with Gasteiger partial charge in [0, 0.05) is 41.1 Å². The van der Waals surface area contributed by atoms with Crippen molar-refractivity contribution in [2.45, 2.75) is 6.42 Å². The number of thiol groups is 1. The van der Waals surface area contributed by atoms with E-state index in [1.807, 2.05) is 27.3 Å². The highest BCUT2D eigenvalue weighted by atomic mass is 127. The Hall–Kier alpha value is -2.86. The van der Waals surface area contributed by atoms with Crippen molar-refractivity contribution < 1.29 is 18.7 Å². The Balaban J connectivity index is 0.00000119. The Morgan fingerprint density at radius 3 is 2.69 bits per heavy atom. The summed E-state index contributed by atoms with van der Waals surface area (Å²) in [6, 6.07) is 10.0. The first-order valence-corrected chi connectivity index (χ1v) is 12.8. The van der Waals surface area contributed by atoms with E-state index in [0.29, 0.717) is 34.7 Å². The molecule has 0 spiro atoms. The van der Waals surface area contributed by atoms with Crippen molar-refractivity contribution in [2.75, 3.05) is 24.2 Å². The van der Waals surface area contributed by atoms with Crippen molar-refractivity contribution in [3.8, 4) is 28.0 Å². The standard InChI is InChI=1S/C22H17FN4O3.HIS/c23-17-8-19-18(27-20(28)10-30-19)7-15(17)13-6-16(21(24)26-9-13)11-1-2-14-12(5-11)3-4-25-22(14)29;1-2/h1-2,5-9H,3-4,10H2,(H2,24,26)(H,25,29)(H,27,28);2H. The summed E-state index contributed by atoms with van der Waals surface area (Å²) >= 11 is 1.84. The van der Waals surface area contributed by atoms with Gasteiger partial charge in [0.2, 0.25) is 0 Å². The van der Waals surface area contributed by atoms with E-state index in [-0.39, 0.29) is 29.7 Å². The topological polar surface area (TPSA) is 106 Å². The van der Waals surface area contributed by atoms with Crippen LogP contribution in [0.4, 0.5) is 15.9 Å². The van der Waals surface area contributed by atoms with Crippen LogP contribution in [-0.2, 0) is 11.2 Å². The molecule has 2 aromatic carbocycles. The normalized spacial score (nSPS) is 14.1. The van der Waals surface area contributed by atoms with Gasteiger partial charge in [-0.15, -0.1) is 9.80 Å². The van der Waals surface area contributed by atoms with E-state index in [9.17, 15) is 14.0 Å². The number of pyridine rings is 1. The molecule has 0 saturated heterocycles. The zero-order chi connectivity index (χ0) is 22.8. The molecule has 1 aromatic heterocycles. The fraction of sp³-hybridized carbons (Fsp3) is 0.136. The van der Waals surface area contributed by atoms with Gasteiger partial charge in [-0.2, -0.15) is 0 Å². The molecule has 0 saturated carbocycles. The first-order chi connectivity index (χ1) is 15.5. The highest BCUT2D eigenvalue weighted by molar-refractivity contribution is 14.2. The summed E-state index contributed by atoms with van der Waals surface area (Å²) in [4.78, 5) is 27.8. The van der Waals surface area contributed by atoms with Crippen LogP contribution in [0, 0.1) is 5.82 Å². The number of hydrogen-bond donors (Lipinski definition) is 4. The van der Waals surface area contributed by atoms with Gasteiger partial charge in [-0.25, -0.2) is 9.37 Å². The quantitative estimate of drug-likeness (QED) is 0.278. The smallest absolute Gasteiger partial charge is 0.262 e. The molecule has 164 valence electrons.